The van der Waals surface area contributed by atoms with Crippen molar-refractivity contribution in [3.8, 4) is 5.75 Å². The van der Waals surface area contributed by atoms with Gasteiger partial charge in [-0.05, 0) is 35.6 Å². The van der Waals surface area contributed by atoms with Crippen LogP contribution in [0.5, 0.6) is 5.75 Å². The fraction of sp³-hybridized carbons (Fsp3) is 0.588. The van der Waals surface area contributed by atoms with Crippen LogP contribution >= 0.6 is 23.5 Å². The van der Waals surface area contributed by atoms with Gasteiger partial charge in [0.25, 0.3) is 5.91 Å². The third-order valence-corrected chi connectivity index (χ3v) is 6.78. The maximum absolute atomic E-state index is 11.8. The normalized spacial score (nSPS) is 22.1. The SMILES string of the molecule is O=C(COc1ccc(C2SCCCS2)cc1)NC[C@@H]1COCCO1. The van der Waals surface area contributed by atoms with Gasteiger partial charge in [-0.1, -0.05) is 12.1 Å². The lowest BCUT2D eigenvalue weighted by Crippen LogP contribution is -2.41. The number of hydrogen-bond donors (Lipinski definition) is 1. The topological polar surface area (TPSA) is 56.8 Å². The Morgan fingerprint density at radius 2 is 2.00 bits per heavy atom. The molecule has 0 aliphatic carbocycles. The number of carbonyl (C=O) groups is 1. The van der Waals surface area contributed by atoms with Gasteiger partial charge in [0.05, 0.1) is 30.5 Å². The summed E-state index contributed by atoms with van der Waals surface area (Å²) in [6, 6.07) is 8.07. The molecular weight excluding hydrogens is 346 g/mol. The van der Waals surface area contributed by atoms with Crippen LogP contribution in [-0.4, -0.2) is 56.5 Å². The fourth-order valence-corrected chi connectivity index (χ4v) is 5.38. The number of rotatable bonds is 6. The first-order valence-electron chi connectivity index (χ1n) is 8.23. The van der Waals surface area contributed by atoms with E-state index in [1.807, 2.05) is 35.7 Å². The summed E-state index contributed by atoms with van der Waals surface area (Å²) < 4.78 is 16.8. The Hall–Kier alpha value is -0.890. The Morgan fingerprint density at radius 1 is 1.21 bits per heavy atom. The minimum Gasteiger partial charge on any atom is -0.484 e. The monoisotopic (exact) mass is 369 g/mol. The molecule has 1 amide bonds. The van der Waals surface area contributed by atoms with E-state index < -0.39 is 0 Å². The first-order chi connectivity index (χ1) is 11.8. The predicted octanol–water partition coefficient (Wildman–Crippen LogP) is 2.47. The Balaban J connectivity index is 1.38. The maximum Gasteiger partial charge on any atom is 0.258 e. The second-order valence-electron chi connectivity index (χ2n) is 5.66. The Bertz CT molecular complexity index is 514. The van der Waals surface area contributed by atoms with E-state index in [1.54, 1.807) is 0 Å². The molecule has 0 radical (unpaired) electrons. The second kappa shape index (κ2) is 9.56. The van der Waals surface area contributed by atoms with Crippen molar-refractivity contribution in [1.29, 1.82) is 0 Å². The van der Waals surface area contributed by atoms with Gasteiger partial charge in [0.1, 0.15) is 5.75 Å². The highest BCUT2D eigenvalue weighted by Gasteiger charge is 2.17. The summed E-state index contributed by atoms with van der Waals surface area (Å²) in [4.78, 5) is 11.8. The highest BCUT2D eigenvalue weighted by molar-refractivity contribution is 8.16. The average Bonchev–Trinajstić information content (AvgIpc) is 2.67. The van der Waals surface area contributed by atoms with Crippen LogP contribution in [-0.2, 0) is 14.3 Å². The van der Waals surface area contributed by atoms with Crippen molar-refractivity contribution in [2.24, 2.45) is 0 Å². The highest BCUT2D eigenvalue weighted by Crippen LogP contribution is 2.43. The lowest BCUT2D eigenvalue weighted by molar-refractivity contribution is -0.125. The fourth-order valence-electron chi connectivity index (χ4n) is 2.48. The standard InChI is InChI=1S/C17H23NO4S2/c19-16(18-10-15-11-20-6-7-21-15)12-22-14-4-2-13(3-5-14)17-23-8-1-9-24-17/h2-5,15,17H,1,6-12H2,(H,18,19)/t15-/m1/s1. The first kappa shape index (κ1) is 17.9. The number of benzene rings is 1. The molecule has 0 unspecified atom stereocenters. The first-order valence-corrected chi connectivity index (χ1v) is 10.3. The molecule has 1 aromatic rings. The molecule has 7 heteroatoms. The molecule has 2 aliphatic heterocycles. The van der Waals surface area contributed by atoms with E-state index in [0.717, 1.165) is 5.75 Å². The summed E-state index contributed by atoms with van der Waals surface area (Å²) in [5.74, 6) is 3.03. The van der Waals surface area contributed by atoms with Gasteiger partial charge in [0.15, 0.2) is 6.61 Å². The van der Waals surface area contributed by atoms with Crippen LogP contribution in [0.3, 0.4) is 0 Å². The zero-order chi connectivity index (χ0) is 16.6. The molecule has 1 atom stereocenters. The van der Waals surface area contributed by atoms with Gasteiger partial charge in [-0.15, -0.1) is 23.5 Å². The van der Waals surface area contributed by atoms with Crippen LogP contribution in [0.15, 0.2) is 24.3 Å². The molecule has 0 aromatic heterocycles. The minimum absolute atomic E-state index is 0.0137. The summed E-state index contributed by atoms with van der Waals surface area (Å²) >= 11 is 3.99. The van der Waals surface area contributed by atoms with Crippen molar-refractivity contribution < 1.29 is 19.0 Å². The number of hydrogen-bond acceptors (Lipinski definition) is 6. The van der Waals surface area contributed by atoms with E-state index in [0.29, 0.717) is 30.9 Å². The molecule has 0 spiro atoms. The minimum atomic E-state index is -0.147. The van der Waals surface area contributed by atoms with Gasteiger partial charge in [0, 0.05) is 6.54 Å². The van der Waals surface area contributed by atoms with Gasteiger partial charge in [-0.3, -0.25) is 4.79 Å². The van der Waals surface area contributed by atoms with Crippen LogP contribution in [0.1, 0.15) is 16.6 Å². The van der Waals surface area contributed by atoms with Crippen LogP contribution in [0.4, 0.5) is 0 Å². The number of ether oxygens (including phenoxy) is 3. The maximum atomic E-state index is 11.8. The van der Waals surface area contributed by atoms with Gasteiger partial charge >= 0.3 is 0 Å². The molecule has 5 nitrogen and oxygen atoms in total. The van der Waals surface area contributed by atoms with Gasteiger partial charge < -0.3 is 19.5 Å². The number of thioether (sulfide) groups is 2. The lowest BCUT2D eigenvalue weighted by atomic mass is 10.2. The Kier molecular flexibility index (Phi) is 7.13. The molecule has 2 fully saturated rings. The molecule has 2 aliphatic rings. The quantitative estimate of drug-likeness (QED) is 0.831. The largest absolute Gasteiger partial charge is 0.484 e. The number of amides is 1. The molecule has 0 saturated carbocycles. The molecule has 1 N–H and O–H groups in total. The van der Waals surface area contributed by atoms with E-state index in [4.69, 9.17) is 14.2 Å². The highest BCUT2D eigenvalue weighted by atomic mass is 32.2. The number of nitrogens with one attached hydrogen (secondary N) is 1. The smallest absolute Gasteiger partial charge is 0.258 e. The molecule has 3 rings (SSSR count). The average molecular weight is 370 g/mol. The van der Waals surface area contributed by atoms with Crippen LogP contribution in [0.2, 0.25) is 0 Å². The molecule has 132 valence electrons. The molecule has 24 heavy (non-hydrogen) atoms. The summed E-state index contributed by atoms with van der Waals surface area (Å²) in [6.07, 6.45) is 1.23. The lowest BCUT2D eigenvalue weighted by Gasteiger charge is -2.23. The van der Waals surface area contributed by atoms with Crippen molar-refractivity contribution in [1.82, 2.24) is 5.32 Å². The third kappa shape index (κ3) is 5.58. The van der Waals surface area contributed by atoms with Crippen molar-refractivity contribution in [3.05, 3.63) is 29.8 Å². The molecule has 1 aromatic carbocycles. The van der Waals surface area contributed by atoms with Gasteiger partial charge in [0.2, 0.25) is 0 Å². The summed E-state index contributed by atoms with van der Waals surface area (Å²) in [6.45, 7) is 2.21. The molecule has 0 bridgehead atoms. The van der Waals surface area contributed by atoms with E-state index in [-0.39, 0.29) is 18.6 Å². The van der Waals surface area contributed by atoms with Crippen molar-refractivity contribution >= 4 is 29.4 Å². The Morgan fingerprint density at radius 3 is 2.71 bits per heavy atom. The zero-order valence-electron chi connectivity index (χ0n) is 13.6. The third-order valence-electron chi connectivity index (χ3n) is 3.76. The van der Waals surface area contributed by atoms with Crippen LogP contribution in [0, 0.1) is 0 Å². The van der Waals surface area contributed by atoms with E-state index in [2.05, 4.69) is 17.4 Å². The summed E-state index contributed by atoms with van der Waals surface area (Å²) in [5, 5.41) is 2.81. The second-order valence-corrected chi connectivity index (χ2v) is 8.38. The summed E-state index contributed by atoms with van der Waals surface area (Å²) in [7, 11) is 0. The summed E-state index contributed by atoms with van der Waals surface area (Å²) in [5.41, 5.74) is 1.32. The Labute approximate surface area is 151 Å². The molecular formula is C17H23NO4S2. The molecule has 2 saturated heterocycles. The number of carbonyl (C=O) groups excluding carboxylic acids is 1. The van der Waals surface area contributed by atoms with Crippen molar-refractivity contribution in [2.75, 3.05) is 44.5 Å². The predicted molar refractivity (Wildman–Crippen MR) is 97.8 cm³/mol. The van der Waals surface area contributed by atoms with E-state index >= 15 is 0 Å². The molecule has 2 heterocycles. The van der Waals surface area contributed by atoms with Gasteiger partial charge in [-0.2, -0.15) is 0 Å². The zero-order valence-corrected chi connectivity index (χ0v) is 15.2. The van der Waals surface area contributed by atoms with Crippen molar-refractivity contribution in [2.45, 2.75) is 17.1 Å². The van der Waals surface area contributed by atoms with E-state index in [1.165, 1.54) is 23.5 Å². The van der Waals surface area contributed by atoms with Crippen LogP contribution in [0.25, 0.3) is 0 Å². The van der Waals surface area contributed by atoms with Crippen LogP contribution < -0.4 is 10.1 Å². The van der Waals surface area contributed by atoms with Crippen molar-refractivity contribution in [3.63, 3.8) is 0 Å². The van der Waals surface area contributed by atoms with Gasteiger partial charge in [-0.25, -0.2) is 0 Å². The van der Waals surface area contributed by atoms with E-state index in [9.17, 15) is 4.79 Å².